The molecule has 3 rings (SSSR count). The SMILES string of the molecule is c1ccc2[nH]c(CC3CCCN3)cc2c1. The van der Waals surface area contributed by atoms with Gasteiger partial charge in [-0.3, -0.25) is 0 Å². The molecule has 1 unspecified atom stereocenters. The number of hydrogen-bond donors (Lipinski definition) is 2. The lowest BCUT2D eigenvalue weighted by Crippen LogP contribution is -2.23. The highest BCUT2D eigenvalue weighted by Gasteiger charge is 2.15. The van der Waals surface area contributed by atoms with Crippen LogP contribution in [0.2, 0.25) is 0 Å². The lowest BCUT2D eigenvalue weighted by atomic mass is 10.1. The van der Waals surface area contributed by atoms with E-state index in [1.807, 2.05) is 0 Å². The third kappa shape index (κ3) is 1.77. The van der Waals surface area contributed by atoms with Crippen molar-refractivity contribution in [2.75, 3.05) is 6.54 Å². The maximum atomic E-state index is 3.53. The van der Waals surface area contributed by atoms with Crippen LogP contribution in [-0.2, 0) is 6.42 Å². The molecule has 0 bridgehead atoms. The summed E-state index contributed by atoms with van der Waals surface area (Å²) in [5, 5.41) is 4.85. The lowest BCUT2D eigenvalue weighted by Gasteiger charge is -2.07. The molecule has 0 saturated carbocycles. The molecule has 1 aliphatic rings. The van der Waals surface area contributed by atoms with Crippen molar-refractivity contribution in [1.29, 1.82) is 0 Å². The Bertz CT molecular complexity index is 419. The van der Waals surface area contributed by atoms with Crippen molar-refractivity contribution in [2.45, 2.75) is 25.3 Å². The number of H-pyrrole nitrogens is 1. The van der Waals surface area contributed by atoms with Gasteiger partial charge in [-0.05, 0) is 36.9 Å². The number of aromatic nitrogens is 1. The fraction of sp³-hybridized carbons (Fsp3) is 0.385. The van der Waals surface area contributed by atoms with Crippen LogP contribution >= 0.6 is 0 Å². The predicted octanol–water partition coefficient (Wildman–Crippen LogP) is 2.46. The number of benzene rings is 1. The first-order valence-corrected chi connectivity index (χ1v) is 5.72. The molecular formula is C13H16N2. The minimum absolute atomic E-state index is 0.679. The largest absolute Gasteiger partial charge is 0.358 e. The van der Waals surface area contributed by atoms with Gasteiger partial charge in [-0.15, -0.1) is 0 Å². The van der Waals surface area contributed by atoms with Gasteiger partial charge in [0.1, 0.15) is 0 Å². The Labute approximate surface area is 89.7 Å². The Morgan fingerprint density at radius 2 is 2.20 bits per heavy atom. The summed E-state index contributed by atoms with van der Waals surface area (Å²) in [6.07, 6.45) is 3.77. The lowest BCUT2D eigenvalue weighted by molar-refractivity contribution is 0.597. The Morgan fingerprint density at radius 1 is 1.27 bits per heavy atom. The van der Waals surface area contributed by atoms with Crippen LogP contribution in [0.25, 0.3) is 10.9 Å². The van der Waals surface area contributed by atoms with Crippen molar-refractivity contribution in [3.63, 3.8) is 0 Å². The van der Waals surface area contributed by atoms with E-state index in [0.29, 0.717) is 6.04 Å². The molecule has 1 aliphatic heterocycles. The van der Waals surface area contributed by atoms with Crippen LogP contribution < -0.4 is 5.32 Å². The van der Waals surface area contributed by atoms with E-state index in [9.17, 15) is 0 Å². The van der Waals surface area contributed by atoms with E-state index in [1.165, 1.54) is 36.0 Å². The van der Waals surface area contributed by atoms with E-state index in [0.717, 1.165) is 6.42 Å². The molecule has 2 heterocycles. The summed E-state index contributed by atoms with van der Waals surface area (Å²) >= 11 is 0. The van der Waals surface area contributed by atoms with Crippen molar-refractivity contribution in [2.24, 2.45) is 0 Å². The van der Waals surface area contributed by atoms with Gasteiger partial charge in [-0.25, -0.2) is 0 Å². The highest BCUT2D eigenvalue weighted by molar-refractivity contribution is 5.80. The van der Waals surface area contributed by atoms with Crippen molar-refractivity contribution in [1.82, 2.24) is 10.3 Å². The first kappa shape index (κ1) is 8.98. The number of fused-ring (bicyclic) bond motifs is 1. The van der Waals surface area contributed by atoms with E-state index in [4.69, 9.17) is 0 Å². The van der Waals surface area contributed by atoms with Crippen LogP contribution in [0.15, 0.2) is 30.3 Å². The molecule has 2 N–H and O–H groups in total. The van der Waals surface area contributed by atoms with Gasteiger partial charge >= 0.3 is 0 Å². The molecule has 0 aliphatic carbocycles. The molecular weight excluding hydrogens is 184 g/mol. The van der Waals surface area contributed by atoms with Crippen molar-refractivity contribution in [3.05, 3.63) is 36.0 Å². The number of para-hydroxylation sites is 1. The predicted molar refractivity (Wildman–Crippen MR) is 63.0 cm³/mol. The number of rotatable bonds is 2. The molecule has 2 nitrogen and oxygen atoms in total. The van der Waals surface area contributed by atoms with E-state index in [1.54, 1.807) is 0 Å². The van der Waals surface area contributed by atoms with Gasteiger partial charge in [-0.1, -0.05) is 18.2 Å². The topological polar surface area (TPSA) is 27.8 Å². The maximum Gasteiger partial charge on any atom is 0.0456 e. The second-order valence-corrected chi connectivity index (χ2v) is 4.38. The fourth-order valence-corrected chi connectivity index (χ4v) is 2.44. The second kappa shape index (κ2) is 3.70. The van der Waals surface area contributed by atoms with Gasteiger partial charge in [0.25, 0.3) is 0 Å². The third-order valence-corrected chi connectivity index (χ3v) is 3.21. The average Bonchev–Trinajstić information content (AvgIpc) is 2.86. The minimum Gasteiger partial charge on any atom is -0.358 e. The number of nitrogens with one attached hydrogen (secondary N) is 2. The molecule has 2 heteroatoms. The molecule has 1 aromatic carbocycles. The molecule has 15 heavy (non-hydrogen) atoms. The van der Waals surface area contributed by atoms with Crippen LogP contribution in [0, 0.1) is 0 Å². The molecule has 78 valence electrons. The Morgan fingerprint density at radius 3 is 3.00 bits per heavy atom. The van der Waals surface area contributed by atoms with Gasteiger partial charge < -0.3 is 10.3 Å². The molecule has 2 aromatic rings. The maximum absolute atomic E-state index is 3.53. The quantitative estimate of drug-likeness (QED) is 0.765. The summed E-state index contributed by atoms with van der Waals surface area (Å²) in [6.45, 7) is 1.19. The highest BCUT2D eigenvalue weighted by Crippen LogP contribution is 2.17. The zero-order chi connectivity index (χ0) is 10.1. The summed E-state index contributed by atoms with van der Waals surface area (Å²) in [5.74, 6) is 0. The standard InChI is InChI=1S/C13H16N2/c1-2-6-13-10(4-1)8-12(15-13)9-11-5-3-7-14-11/h1-2,4,6,8,11,14-15H,3,5,7,9H2. The van der Waals surface area contributed by atoms with E-state index in [2.05, 4.69) is 40.6 Å². The third-order valence-electron chi connectivity index (χ3n) is 3.21. The first-order valence-electron chi connectivity index (χ1n) is 5.72. The zero-order valence-electron chi connectivity index (χ0n) is 8.79. The van der Waals surface area contributed by atoms with Crippen LogP contribution in [0.3, 0.4) is 0 Å². The Kier molecular flexibility index (Phi) is 2.22. The molecule has 1 fully saturated rings. The first-order chi connectivity index (χ1) is 7.42. The summed E-state index contributed by atoms with van der Waals surface area (Å²) in [6, 6.07) is 11.4. The molecule has 0 radical (unpaired) electrons. The molecule has 1 atom stereocenters. The van der Waals surface area contributed by atoms with Crippen LogP contribution in [0.5, 0.6) is 0 Å². The smallest absolute Gasteiger partial charge is 0.0456 e. The molecule has 0 spiro atoms. The molecule has 1 saturated heterocycles. The number of aromatic amines is 1. The summed E-state index contributed by atoms with van der Waals surface area (Å²) < 4.78 is 0. The van der Waals surface area contributed by atoms with Gasteiger partial charge in [0, 0.05) is 23.7 Å². The Balaban J connectivity index is 1.84. The van der Waals surface area contributed by atoms with Gasteiger partial charge in [-0.2, -0.15) is 0 Å². The van der Waals surface area contributed by atoms with Crippen molar-refractivity contribution >= 4 is 10.9 Å². The van der Waals surface area contributed by atoms with Crippen molar-refractivity contribution < 1.29 is 0 Å². The van der Waals surface area contributed by atoms with Gasteiger partial charge in [0.15, 0.2) is 0 Å². The van der Waals surface area contributed by atoms with E-state index >= 15 is 0 Å². The van der Waals surface area contributed by atoms with Gasteiger partial charge in [0.2, 0.25) is 0 Å². The summed E-state index contributed by atoms with van der Waals surface area (Å²) in [4.78, 5) is 3.48. The van der Waals surface area contributed by atoms with Gasteiger partial charge in [0.05, 0.1) is 0 Å². The monoisotopic (exact) mass is 200 g/mol. The molecule has 1 aromatic heterocycles. The second-order valence-electron chi connectivity index (χ2n) is 4.38. The Hall–Kier alpha value is -1.28. The molecule has 0 amide bonds. The highest BCUT2D eigenvalue weighted by atomic mass is 14.9. The van der Waals surface area contributed by atoms with Crippen LogP contribution in [0.4, 0.5) is 0 Å². The zero-order valence-corrected chi connectivity index (χ0v) is 8.79. The minimum atomic E-state index is 0.679. The number of hydrogen-bond acceptors (Lipinski definition) is 1. The summed E-state index contributed by atoms with van der Waals surface area (Å²) in [7, 11) is 0. The van der Waals surface area contributed by atoms with Crippen LogP contribution in [0.1, 0.15) is 18.5 Å². The van der Waals surface area contributed by atoms with E-state index < -0.39 is 0 Å². The summed E-state index contributed by atoms with van der Waals surface area (Å²) in [5.41, 5.74) is 2.61. The fourth-order valence-electron chi connectivity index (χ4n) is 2.44. The normalized spacial score (nSPS) is 21.2. The van der Waals surface area contributed by atoms with E-state index in [-0.39, 0.29) is 0 Å². The average molecular weight is 200 g/mol. The van der Waals surface area contributed by atoms with Crippen LogP contribution in [-0.4, -0.2) is 17.6 Å². The van der Waals surface area contributed by atoms with Crippen molar-refractivity contribution in [3.8, 4) is 0 Å².